The van der Waals surface area contributed by atoms with Gasteiger partial charge in [-0.15, -0.1) is 0 Å². The first-order chi connectivity index (χ1) is 9.99. The molecular formula is C16H27N3OS. The summed E-state index contributed by atoms with van der Waals surface area (Å²) in [7, 11) is 0. The van der Waals surface area contributed by atoms with E-state index in [0.29, 0.717) is 17.2 Å². The van der Waals surface area contributed by atoms with Gasteiger partial charge in [0.25, 0.3) is 5.56 Å². The minimum absolute atomic E-state index is 0.0557. The molecule has 0 aromatic carbocycles. The highest BCUT2D eigenvalue weighted by molar-refractivity contribution is 7.99. The number of rotatable bonds is 5. The molecule has 0 saturated heterocycles. The van der Waals surface area contributed by atoms with Crippen molar-refractivity contribution in [1.29, 1.82) is 0 Å². The van der Waals surface area contributed by atoms with Crippen LogP contribution in [0.4, 0.5) is 0 Å². The van der Waals surface area contributed by atoms with Gasteiger partial charge in [0, 0.05) is 23.1 Å². The van der Waals surface area contributed by atoms with Crippen LogP contribution in [0.15, 0.2) is 16.0 Å². The Morgan fingerprint density at radius 1 is 1.43 bits per heavy atom. The summed E-state index contributed by atoms with van der Waals surface area (Å²) in [5.41, 5.74) is 0.732. The second kappa shape index (κ2) is 7.45. The maximum absolute atomic E-state index is 11.6. The van der Waals surface area contributed by atoms with Crippen LogP contribution < -0.4 is 10.9 Å². The van der Waals surface area contributed by atoms with Crippen LogP contribution in [-0.2, 0) is 0 Å². The van der Waals surface area contributed by atoms with Gasteiger partial charge < -0.3 is 10.3 Å². The lowest BCUT2D eigenvalue weighted by molar-refractivity contribution is 0.249. The lowest BCUT2D eigenvalue weighted by atomic mass is 9.80. The highest BCUT2D eigenvalue weighted by Crippen LogP contribution is 2.38. The van der Waals surface area contributed by atoms with E-state index in [0.717, 1.165) is 29.7 Å². The Labute approximate surface area is 131 Å². The molecule has 2 N–H and O–H groups in total. The highest BCUT2D eigenvalue weighted by atomic mass is 32.2. The Bertz CT molecular complexity index is 516. The van der Waals surface area contributed by atoms with E-state index in [2.05, 4.69) is 36.1 Å². The molecule has 2 rings (SSSR count). The predicted octanol–water partition coefficient (Wildman–Crippen LogP) is 2.97. The van der Waals surface area contributed by atoms with Gasteiger partial charge in [-0.05, 0) is 44.6 Å². The standard InChI is InChI=1S/C16H27N3OS/c1-5-6-17-13-8-10(2)7-11(3)15(13)21-16-18-12(4)9-14(20)19-16/h9-11,13,15,17H,5-8H2,1-4H3,(H,18,19,20). The smallest absolute Gasteiger partial charge is 0.251 e. The normalized spacial score (nSPS) is 29.5. The lowest BCUT2D eigenvalue weighted by Gasteiger charge is -2.39. The van der Waals surface area contributed by atoms with Gasteiger partial charge in [-0.2, -0.15) is 0 Å². The molecule has 5 heteroatoms. The number of hydrogen-bond acceptors (Lipinski definition) is 4. The third-order valence-electron chi connectivity index (χ3n) is 4.14. The topological polar surface area (TPSA) is 57.8 Å². The molecule has 0 bridgehead atoms. The van der Waals surface area contributed by atoms with E-state index in [1.54, 1.807) is 17.8 Å². The van der Waals surface area contributed by atoms with Crippen LogP contribution in [0.2, 0.25) is 0 Å². The Kier molecular flexibility index (Phi) is 5.88. The molecule has 1 saturated carbocycles. The number of aromatic amines is 1. The first kappa shape index (κ1) is 16.6. The van der Waals surface area contributed by atoms with E-state index < -0.39 is 0 Å². The molecule has 0 aliphatic heterocycles. The van der Waals surface area contributed by atoms with E-state index in [4.69, 9.17) is 0 Å². The van der Waals surface area contributed by atoms with Crippen molar-refractivity contribution in [3.63, 3.8) is 0 Å². The van der Waals surface area contributed by atoms with Crippen LogP contribution in [0.1, 0.15) is 45.7 Å². The summed E-state index contributed by atoms with van der Waals surface area (Å²) >= 11 is 1.73. The van der Waals surface area contributed by atoms with Crippen LogP contribution in [0, 0.1) is 18.8 Å². The minimum Gasteiger partial charge on any atom is -0.313 e. The first-order valence-electron chi connectivity index (χ1n) is 7.97. The summed E-state index contributed by atoms with van der Waals surface area (Å²) in [5.74, 6) is 1.38. The van der Waals surface area contributed by atoms with Gasteiger partial charge in [-0.3, -0.25) is 4.79 Å². The van der Waals surface area contributed by atoms with E-state index in [1.807, 2.05) is 6.92 Å². The molecule has 1 heterocycles. The van der Waals surface area contributed by atoms with Crippen molar-refractivity contribution in [2.24, 2.45) is 11.8 Å². The van der Waals surface area contributed by atoms with Crippen molar-refractivity contribution in [3.05, 3.63) is 22.1 Å². The van der Waals surface area contributed by atoms with Gasteiger partial charge >= 0.3 is 0 Å². The summed E-state index contributed by atoms with van der Waals surface area (Å²) in [6.07, 6.45) is 3.60. The molecule has 4 atom stereocenters. The minimum atomic E-state index is -0.0557. The van der Waals surface area contributed by atoms with Crippen molar-refractivity contribution in [2.45, 2.75) is 63.4 Å². The Hall–Kier alpha value is -0.810. The van der Waals surface area contributed by atoms with Crippen LogP contribution in [0.3, 0.4) is 0 Å². The third-order valence-corrected chi connectivity index (χ3v) is 5.62. The largest absolute Gasteiger partial charge is 0.313 e. The van der Waals surface area contributed by atoms with E-state index in [1.165, 1.54) is 12.8 Å². The molecule has 21 heavy (non-hydrogen) atoms. The van der Waals surface area contributed by atoms with Crippen LogP contribution >= 0.6 is 11.8 Å². The second-order valence-electron chi connectivity index (χ2n) is 6.39. The summed E-state index contributed by atoms with van der Waals surface area (Å²) < 4.78 is 0. The van der Waals surface area contributed by atoms with E-state index in [-0.39, 0.29) is 5.56 Å². The monoisotopic (exact) mass is 309 g/mol. The molecule has 4 nitrogen and oxygen atoms in total. The Balaban J connectivity index is 2.14. The van der Waals surface area contributed by atoms with Crippen LogP contribution in [0.25, 0.3) is 0 Å². The molecular weight excluding hydrogens is 282 g/mol. The van der Waals surface area contributed by atoms with Gasteiger partial charge in [0.05, 0.1) is 0 Å². The van der Waals surface area contributed by atoms with E-state index >= 15 is 0 Å². The Morgan fingerprint density at radius 2 is 2.19 bits per heavy atom. The number of nitrogens with zero attached hydrogens (tertiary/aromatic N) is 1. The van der Waals surface area contributed by atoms with Crippen molar-refractivity contribution in [2.75, 3.05) is 6.54 Å². The molecule has 118 valence electrons. The number of aromatic nitrogens is 2. The molecule has 1 fully saturated rings. The van der Waals surface area contributed by atoms with Crippen LogP contribution in [-0.4, -0.2) is 27.8 Å². The fourth-order valence-electron chi connectivity index (χ4n) is 3.29. The van der Waals surface area contributed by atoms with Crippen LogP contribution in [0.5, 0.6) is 0 Å². The average Bonchev–Trinajstić information content (AvgIpc) is 2.38. The highest BCUT2D eigenvalue weighted by Gasteiger charge is 2.34. The predicted molar refractivity (Wildman–Crippen MR) is 88.9 cm³/mol. The maximum atomic E-state index is 11.6. The molecule has 1 aliphatic rings. The third kappa shape index (κ3) is 4.58. The molecule has 0 spiro atoms. The first-order valence-corrected chi connectivity index (χ1v) is 8.85. The SMILES string of the molecule is CCCNC1CC(C)CC(C)C1Sc1nc(C)cc(=O)[nH]1. The fraction of sp³-hybridized carbons (Fsp3) is 0.750. The molecule has 0 radical (unpaired) electrons. The van der Waals surface area contributed by atoms with Gasteiger partial charge in [0.15, 0.2) is 5.16 Å². The summed E-state index contributed by atoms with van der Waals surface area (Å²) in [5, 5.41) is 4.92. The van der Waals surface area contributed by atoms with Gasteiger partial charge in [0.2, 0.25) is 0 Å². The van der Waals surface area contributed by atoms with E-state index in [9.17, 15) is 4.79 Å². The van der Waals surface area contributed by atoms with Crippen molar-refractivity contribution >= 4 is 11.8 Å². The van der Waals surface area contributed by atoms with Gasteiger partial charge in [0.1, 0.15) is 0 Å². The molecule has 0 amide bonds. The zero-order valence-corrected chi connectivity index (χ0v) is 14.3. The number of hydrogen-bond donors (Lipinski definition) is 2. The quantitative estimate of drug-likeness (QED) is 0.821. The van der Waals surface area contributed by atoms with Gasteiger partial charge in [-0.25, -0.2) is 4.98 Å². The summed E-state index contributed by atoms with van der Waals surface area (Å²) in [4.78, 5) is 19.0. The van der Waals surface area contributed by atoms with Crippen molar-refractivity contribution in [3.8, 4) is 0 Å². The number of nitrogens with one attached hydrogen (secondary N) is 2. The summed E-state index contributed by atoms with van der Waals surface area (Å²) in [6, 6.07) is 2.04. The second-order valence-corrected chi connectivity index (χ2v) is 7.56. The number of H-pyrrole nitrogens is 1. The zero-order valence-electron chi connectivity index (χ0n) is 13.5. The average molecular weight is 309 g/mol. The fourth-order valence-corrected chi connectivity index (χ4v) is 4.62. The molecule has 4 unspecified atom stereocenters. The maximum Gasteiger partial charge on any atom is 0.251 e. The Morgan fingerprint density at radius 3 is 2.86 bits per heavy atom. The van der Waals surface area contributed by atoms with Crippen molar-refractivity contribution in [1.82, 2.24) is 15.3 Å². The lowest BCUT2D eigenvalue weighted by Crippen LogP contribution is -2.46. The number of aryl methyl sites for hydroxylation is 1. The van der Waals surface area contributed by atoms with Gasteiger partial charge in [-0.1, -0.05) is 32.5 Å². The molecule has 1 aliphatic carbocycles. The molecule has 1 aromatic heterocycles. The van der Waals surface area contributed by atoms with Crippen molar-refractivity contribution < 1.29 is 0 Å². The number of thioether (sulfide) groups is 1. The zero-order chi connectivity index (χ0) is 15.4. The molecule has 1 aromatic rings. The summed E-state index contributed by atoms with van der Waals surface area (Å²) in [6.45, 7) is 9.79.